The molecule has 5 rings (SSSR count). The second-order valence-corrected chi connectivity index (χ2v) is 7.53. The number of fused-ring (bicyclic) bond motifs is 6. The van der Waals surface area contributed by atoms with Crippen molar-refractivity contribution in [3.63, 3.8) is 0 Å². The SMILES string of the molecule is CCCc1c(F)c(=O)oc2c1c1c(c3oc(C)cc(=O)c32)[C]=CC(c2ccccc2)O1. The monoisotopic (exact) mass is 417 g/mol. The lowest BCUT2D eigenvalue weighted by Crippen LogP contribution is -2.16. The van der Waals surface area contributed by atoms with Crippen LogP contribution in [0, 0.1) is 18.8 Å². The molecule has 0 spiro atoms. The first-order valence-corrected chi connectivity index (χ1v) is 10.1. The van der Waals surface area contributed by atoms with Gasteiger partial charge in [0.2, 0.25) is 5.82 Å². The predicted molar refractivity (Wildman–Crippen MR) is 114 cm³/mol. The molecule has 0 amide bonds. The predicted octanol–water partition coefficient (Wildman–Crippen LogP) is 5.14. The van der Waals surface area contributed by atoms with Gasteiger partial charge in [-0.1, -0.05) is 43.7 Å². The van der Waals surface area contributed by atoms with E-state index >= 15 is 0 Å². The molecule has 4 aromatic rings. The van der Waals surface area contributed by atoms with Crippen LogP contribution in [-0.2, 0) is 6.42 Å². The number of benzene rings is 2. The first-order chi connectivity index (χ1) is 15.0. The first-order valence-electron chi connectivity index (χ1n) is 10.1. The molecule has 1 unspecified atom stereocenters. The molecule has 5 nitrogen and oxygen atoms in total. The summed E-state index contributed by atoms with van der Waals surface area (Å²) in [6.45, 7) is 3.53. The van der Waals surface area contributed by atoms with Gasteiger partial charge in [-0.2, -0.15) is 4.39 Å². The summed E-state index contributed by atoms with van der Waals surface area (Å²) in [4.78, 5) is 25.1. The number of halogens is 1. The van der Waals surface area contributed by atoms with Gasteiger partial charge in [-0.3, -0.25) is 4.79 Å². The van der Waals surface area contributed by atoms with Crippen LogP contribution in [0.2, 0.25) is 0 Å². The Labute approximate surface area is 176 Å². The van der Waals surface area contributed by atoms with Crippen molar-refractivity contribution in [2.24, 2.45) is 0 Å². The molecule has 0 bridgehead atoms. The third kappa shape index (κ3) is 2.98. The van der Waals surface area contributed by atoms with E-state index in [1.807, 2.05) is 37.3 Å². The third-order valence-electron chi connectivity index (χ3n) is 5.40. The van der Waals surface area contributed by atoms with Gasteiger partial charge in [-0.15, -0.1) is 0 Å². The van der Waals surface area contributed by atoms with E-state index in [9.17, 15) is 14.0 Å². The second kappa shape index (κ2) is 7.23. The van der Waals surface area contributed by atoms with Gasteiger partial charge in [0.1, 0.15) is 23.0 Å². The highest BCUT2D eigenvalue weighted by Gasteiger charge is 2.29. The van der Waals surface area contributed by atoms with Crippen molar-refractivity contribution in [1.82, 2.24) is 0 Å². The lowest BCUT2D eigenvalue weighted by Gasteiger charge is -2.24. The van der Waals surface area contributed by atoms with Crippen LogP contribution in [0.5, 0.6) is 5.75 Å². The molecule has 0 saturated carbocycles. The van der Waals surface area contributed by atoms with Crippen molar-refractivity contribution < 1.29 is 18.0 Å². The standard InChI is InChI=1S/C25H18FO5/c1-3-7-15-19-22-16(10-11-18(30-22)14-8-5-4-6-9-14)23-20(17(27)12-13(2)29-23)24(19)31-25(28)21(15)26/h4-6,8-9,11-12,18H,3,7H2,1-2H3. The van der Waals surface area contributed by atoms with Gasteiger partial charge in [-0.05, 0) is 31.1 Å². The van der Waals surface area contributed by atoms with Gasteiger partial charge in [0.25, 0.3) is 0 Å². The van der Waals surface area contributed by atoms with Gasteiger partial charge in [0, 0.05) is 11.6 Å². The molecular weight excluding hydrogens is 399 g/mol. The largest absolute Gasteiger partial charge is 0.480 e. The minimum Gasteiger partial charge on any atom is -0.480 e. The summed E-state index contributed by atoms with van der Waals surface area (Å²) in [7, 11) is 0. The Kier molecular flexibility index (Phi) is 4.50. The van der Waals surface area contributed by atoms with E-state index < -0.39 is 17.5 Å². The highest BCUT2D eigenvalue weighted by Crippen LogP contribution is 2.43. The third-order valence-corrected chi connectivity index (χ3v) is 5.40. The molecule has 2 aromatic heterocycles. The number of rotatable bonds is 3. The van der Waals surface area contributed by atoms with E-state index in [-0.39, 0.29) is 39.4 Å². The number of hydrogen-bond donors (Lipinski definition) is 0. The summed E-state index contributed by atoms with van der Waals surface area (Å²) in [5.74, 6) is -0.287. The van der Waals surface area contributed by atoms with Crippen LogP contribution in [0.4, 0.5) is 4.39 Å². The summed E-state index contributed by atoms with van der Waals surface area (Å²) < 4.78 is 32.3. The van der Waals surface area contributed by atoms with Crippen molar-refractivity contribution >= 4 is 21.9 Å². The fourth-order valence-electron chi connectivity index (χ4n) is 4.06. The zero-order valence-corrected chi connectivity index (χ0v) is 17.0. The molecule has 0 aliphatic carbocycles. The van der Waals surface area contributed by atoms with Crippen LogP contribution in [-0.4, -0.2) is 0 Å². The zero-order valence-electron chi connectivity index (χ0n) is 17.0. The second-order valence-electron chi connectivity index (χ2n) is 7.53. The van der Waals surface area contributed by atoms with Crippen LogP contribution in [0.25, 0.3) is 21.9 Å². The quantitative estimate of drug-likeness (QED) is 0.341. The Morgan fingerprint density at radius 3 is 2.58 bits per heavy atom. The van der Waals surface area contributed by atoms with Crippen LogP contribution in [0.15, 0.2) is 60.9 Å². The van der Waals surface area contributed by atoms with Gasteiger partial charge in [0.05, 0.1) is 10.9 Å². The maximum absolute atomic E-state index is 14.9. The zero-order chi connectivity index (χ0) is 21.7. The summed E-state index contributed by atoms with van der Waals surface area (Å²) in [6.07, 6.45) is 5.31. The molecule has 31 heavy (non-hydrogen) atoms. The Morgan fingerprint density at radius 2 is 1.84 bits per heavy atom. The Morgan fingerprint density at radius 1 is 1.06 bits per heavy atom. The normalized spacial score (nSPS) is 15.3. The smallest absolute Gasteiger partial charge is 0.372 e. The van der Waals surface area contributed by atoms with Crippen molar-refractivity contribution in [2.75, 3.05) is 0 Å². The van der Waals surface area contributed by atoms with Crippen LogP contribution in [0.3, 0.4) is 0 Å². The molecule has 1 atom stereocenters. The molecular formula is C25H18FO5. The minimum atomic E-state index is -1.12. The van der Waals surface area contributed by atoms with Crippen LogP contribution >= 0.6 is 0 Å². The van der Waals surface area contributed by atoms with Gasteiger partial charge < -0.3 is 13.6 Å². The van der Waals surface area contributed by atoms with E-state index in [1.165, 1.54) is 6.07 Å². The molecule has 6 heteroatoms. The lowest BCUT2D eigenvalue weighted by atomic mass is 9.95. The molecule has 0 N–H and O–H groups in total. The van der Waals surface area contributed by atoms with Gasteiger partial charge in [0.15, 0.2) is 16.6 Å². The molecule has 1 radical (unpaired) electrons. The maximum Gasteiger partial charge on any atom is 0.372 e. The highest BCUT2D eigenvalue weighted by molar-refractivity contribution is 6.08. The molecule has 155 valence electrons. The van der Waals surface area contributed by atoms with Crippen molar-refractivity contribution in [3.8, 4) is 5.75 Å². The van der Waals surface area contributed by atoms with E-state index in [0.717, 1.165) is 5.56 Å². The molecule has 1 aliphatic heterocycles. The maximum atomic E-state index is 14.9. The first kappa shape index (κ1) is 19.3. The minimum absolute atomic E-state index is 0.0205. The van der Waals surface area contributed by atoms with Gasteiger partial charge >= 0.3 is 5.63 Å². The van der Waals surface area contributed by atoms with E-state index in [0.29, 0.717) is 23.5 Å². The molecule has 2 aromatic carbocycles. The van der Waals surface area contributed by atoms with E-state index in [4.69, 9.17) is 13.6 Å². The number of hydrogen-bond acceptors (Lipinski definition) is 5. The summed E-state index contributed by atoms with van der Waals surface area (Å²) in [6, 6.07) is 10.8. The average Bonchev–Trinajstić information content (AvgIpc) is 2.76. The van der Waals surface area contributed by atoms with Gasteiger partial charge in [-0.25, -0.2) is 4.79 Å². The van der Waals surface area contributed by atoms with E-state index in [2.05, 4.69) is 6.08 Å². The average molecular weight is 417 g/mol. The summed E-state index contributed by atoms with van der Waals surface area (Å²) in [5.41, 5.74) is 0.140. The number of aryl methyl sites for hydroxylation is 2. The van der Waals surface area contributed by atoms with Crippen LogP contribution < -0.4 is 15.8 Å². The lowest BCUT2D eigenvalue weighted by molar-refractivity contribution is 0.251. The van der Waals surface area contributed by atoms with Crippen LogP contribution in [0.1, 0.15) is 41.9 Å². The fourth-order valence-corrected chi connectivity index (χ4v) is 4.06. The molecule has 3 heterocycles. The highest BCUT2D eigenvalue weighted by atomic mass is 19.1. The topological polar surface area (TPSA) is 69.7 Å². The summed E-state index contributed by atoms with van der Waals surface area (Å²) in [5, 5.41) is 0.357. The van der Waals surface area contributed by atoms with Crippen molar-refractivity contribution in [2.45, 2.75) is 32.8 Å². The fraction of sp³-hybridized carbons (Fsp3) is 0.200. The Balaban J connectivity index is 1.94. The van der Waals surface area contributed by atoms with Crippen molar-refractivity contribution in [3.05, 3.63) is 97.5 Å². The van der Waals surface area contributed by atoms with Crippen molar-refractivity contribution in [1.29, 1.82) is 0 Å². The Bertz CT molecular complexity index is 1480. The Hall–Kier alpha value is -3.67. The summed E-state index contributed by atoms with van der Waals surface area (Å²) >= 11 is 0. The van der Waals surface area contributed by atoms with E-state index in [1.54, 1.807) is 13.0 Å². The molecule has 0 saturated heterocycles. The number of ether oxygens (including phenoxy) is 1. The molecule has 0 fully saturated rings. The molecule has 1 aliphatic rings.